The second kappa shape index (κ2) is 4.79. The summed E-state index contributed by atoms with van der Waals surface area (Å²) in [5.74, 6) is 0. The van der Waals surface area contributed by atoms with E-state index in [-0.39, 0.29) is 16.1 Å². The molecule has 0 spiro atoms. The first-order valence-corrected chi connectivity index (χ1v) is 5.67. The third kappa shape index (κ3) is 3.00. The molecule has 1 aromatic heterocycles. The Balaban J connectivity index is 3.20. The van der Waals surface area contributed by atoms with Gasteiger partial charge in [0.25, 0.3) is 5.69 Å². The maximum absolute atomic E-state index is 11.0. The van der Waals surface area contributed by atoms with Crippen LogP contribution in [0, 0.1) is 24.0 Å². The normalized spacial score (nSPS) is 14.4. The fourth-order valence-electron chi connectivity index (χ4n) is 1.73. The molecular weight excluding hydrogens is 218 g/mol. The molecule has 0 amide bonds. The van der Waals surface area contributed by atoms with Gasteiger partial charge in [0.05, 0.1) is 10.6 Å². The fourth-order valence-corrected chi connectivity index (χ4v) is 1.73. The molecule has 1 atom stereocenters. The van der Waals surface area contributed by atoms with E-state index in [4.69, 9.17) is 5.73 Å². The van der Waals surface area contributed by atoms with Crippen LogP contribution in [-0.2, 0) is 6.42 Å². The number of aryl methyl sites for hydroxylation is 1. The number of nitro groups is 1. The highest BCUT2D eigenvalue weighted by molar-refractivity contribution is 5.47. The summed E-state index contributed by atoms with van der Waals surface area (Å²) in [5, 5.41) is 11.0. The smallest absolute Gasteiger partial charge is 0.278 e. The Kier molecular flexibility index (Phi) is 3.83. The van der Waals surface area contributed by atoms with Crippen molar-refractivity contribution in [3.05, 3.63) is 33.1 Å². The molecule has 94 valence electrons. The van der Waals surface area contributed by atoms with Gasteiger partial charge in [-0.05, 0) is 27.2 Å². The second-order valence-electron chi connectivity index (χ2n) is 4.80. The molecule has 0 saturated carbocycles. The molecule has 0 aliphatic rings. The van der Waals surface area contributed by atoms with E-state index in [9.17, 15) is 10.1 Å². The summed E-state index contributed by atoms with van der Waals surface area (Å²) in [6.45, 7) is 7.36. The third-order valence-corrected chi connectivity index (χ3v) is 3.14. The molecule has 0 radical (unpaired) electrons. The van der Waals surface area contributed by atoms with E-state index in [1.165, 1.54) is 0 Å². The van der Waals surface area contributed by atoms with Crippen molar-refractivity contribution in [2.45, 2.75) is 46.1 Å². The molecule has 0 saturated heterocycles. The molecule has 0 aliphatic heterocycles. The number of hydrogen-bond acceptors (Lipinski definition) is 4. The van der Waals surface area contributed by atoms with E-state index in [1.807, 2.05) is 13.8 Å². The minimum Gasteiger partial charge on any atom is -0.325 e. The van der Waals surface area contributed by atoms with E-state index in [1.54, 1.807) is 20.0 Å². The summed E-state index contributed by atoms with van der Waals surface area (Å²) in [5.41, 5.74) is 7.78. The van der Waals surface area contributed by atoms with Gasteiger partial charge in [-0.15, -0.1) is 0 Å². The minimum atomic E-state index is -0.374. The first-order chi connectivity index (χ1) is 7.78. The van der Waals surface area contributed by atoms with Gasteiger partial charge < -0.3 is 5.73 Å². The molecule has 1 unspecified atom stereocenters. The van der Waals surface area contributed by atoms with Gasteiger partial charge in [-0.3, -0.25) is 15.1 Å². The Bertz CT molecular complexity index is 442. The topological polar surface area (TPSA) is 82.0 Å². The van der Waals surface area contributed by atoms with Crippen LogP contribution < -0.4 is 5.73 Å². The van der Waals surface area contributed by atoms with Crippen LogP contribution in [0.4, 0.5) is 5.69 Å². The number of pyridine rings is 1. The van der Waals surface area contributed by atoms with Gasteiger partial charge in [-0.25, -0.2) is 0 Å². The lowest BCUT2D eigenvalue weighted by atomic mass is 9.91. The summed E-state index contributed by atoms with van der Waals surface area (Å²) in [6.07, 6.45) is 2.90. The van der Waals surface area contributed by atoms with E-state index >= 15 is 0 Å². The monoisotopic (exact) mass is 237 g/mol. The molecule has 1 aromatic rings. The van der Waals surface area contributed by atoms with Crippen molar-refractivity contribution >= 4 is 5.69 Å². The standard InChI is InChI=1S/C12H19N3O2/c1-5-12(4,13)6-10-9(3)11(15(16)17)8(2)7-14-10/h7H,5-6,13H2,1-4H3. The van der Waals surface area contributed by atoms with Crippen molar-refractivity contribution in [3.8, 4) is 0 Å². The zero-order valence-corrected chi connectivity index (χ0v) is 10.8. The van der Waals surface area contributed by atoms with Crippen molar-refractivity contribution in [1.29, 1.82) is 0 Å². The Hall–Kier alpha value is -1.49. The molecule has 5 nitrogen and oxygen atoms in total. The predicted octanol–water partition coefficient (Wildman–Crippen LogP) is 2.28. The summed E-state index contributed by atoms with van der Waals surface area (Å²) >= 11 is 0. The Morgan fingerprint density at radius 1 is 1.53 bits per heavy atom. The zero-order valence-electron chi connectivity index (χ0n) is 10.8. The fraction of sp³-hybridized carbons (Fsp3) is 0.583. The highest BCUT2D eigenvalue weighted by atomic mass is 16.6. The van der Waals surface area contributed by atoms with Crippen LogP contribution in [0.25, 0.3) is 0 Å². The van der Waals surface area contributed by atoms with E-state index in [0.29, 0.717) is 23.2 Å². The summed E-state index contributed by atoms with van der Waals surface area (Å²) in [7, 11) is 0. The van der Waals surface area contributed by atoms with Crippen molar-refractivity contribution < 1.29 is 4.92 Å². The lowest BCUT2D eigenvalue weighted by molar-refractivity contribution is -0.386. The average molecular weight is 237 g/mol. The molecule has 0 bridgehead atoms. The quantitative estimate of drug-likeness (QED) is 0.643. The van der Waals surface area contributed by atoms with Crippen molar-refractivity contribution in [3.63, 3.8) is 0 Å². The molecular formula is C12H19N3O2. The summed E-state index contributed by atoms with van der Waals surface area (Å²) in [4.78, 5) is 14.9. The molecule has 5 heteroatoms. The van der Waals surface area contributed by atoms with Crippen LogP contribution in [0.2, 0.25) is 0 Å². The first kappa shape index (κ1) is 13.6. The van der Waals surface area contributed by atoms with E-state index in [2.05, 4.69) is 4.98 Å². The molecule has 0 aromatic carbocycles. The van der Waals surface area contributed by atoms with Gasteiger partial charge in [-0.2, -0.15) is 0 Å². The lowest BCUT2D eigenvalue weighted by Gasteiger charge is -2.23. The zero-order chi connectivity index (χ0) is 13.2. The van der Waals surface area contributed by atoms with Gasteiger partial charge in [0.2, 0.25) is 0 Å². The minimum absolute atomic E-state index is 0.155. The highest BCUT2D eigenvalue weighted by Gasteiger charge is 2.23. The number of hydrogen-bond donors (Lipinski definition) is 1. The van der Waals surface area contributed by atoms with Crippen LogP contribution in [0.3, 0.4) is 0 Å². The van der Waals surface area contributed by atoms with Crippen LogP contribution >= 0.6 is 0 Å². The van der Waals surface area contributed by atoms with Gasteiger partial charge >= 0.3 is 0 Å². The molecule has 1 rings (SSSR count). The van der Waals surface area contributed by atoms with Crippen LogP contribution in [-0.4, -0.2) is 15.4 Å². The van der Waals surface area contributed by atoms with Crippen LogP contribution in [0.5, 0.6) is 0 Å². The highest BCUT2D eigenvalue weighted by Crippen LogP contribution is 2.26. The van der Waals surface area contributed by atoms with Crippen molar-refractivity contribution in [2.24, 2.45) is 5.73 Å². The number of aromatic nitrogens is 1. The maximum Gasteiger partial charge on any atom is 0.278 e. The van der Waals surface area contributed by atoms with E-state index < -0.39 is 0 Å². The van der Waals surface area contributed by atoms with Crippen molar-refractivity contribution in [2.75, 3.05) is 0 Å². The number of rotatable bonds is 4. The van der Waals surface area contributed by atoms with Gasteiger partial charge in [0.15, 0.2) is 0 Å². The molecule has 1 heterocycles. The number of nitrogens with two attached hydrogens (primary N) is 1. The SMILES string of the molecule is CCC(C)(N)Cc1ncc(C)c([N+](=O)[O-])c1C. The average Bonchev–Trinajstić information content (AvgIpc) is 2.22. The molecule has 0 aliphatic carbocycles. The van der Waals surface area contributed by atoms with Gasteiger partial charge in [0.1, 0.15) is 0 Å². The summed E-state index contributed by atoms with van der Waals surface area (Å²) in [6, 6.07) is 0. The van der Waals surface area contributed by atoms with Crippen LogP contribution in [0.15, 0.2) is 6.20 Å². The largest absolute Gasteiger partial charge is 0.325 e. The summed E-state index contributed by atoms with van der Waals surface area (Å²) < 4.78 is 0. The first-order valence-electron chi connectivity index (χ1n) is 5.67. The lowest BCUT2D eigenvalue weighted by Crippen LogP contribution is -2.38. The van der Waals surface area contributed by atoms with Crippen LogP contribution in [0.1, 0.15) is 37.1 Å². The number of nitrogens with zero attached hydrogens (tertiary/aromatic N) is 2. The Labute approximate surface area is 101 Å². The van der Waals surface area contributed by atoms with E-state index in [0.717, 1.165) is 6.42 Å². The molecule has 17 heavy (non-hydrogen) atoms. The predicted molar refractivity (Wildman–Crippen MR) is 67.0 cm³/mol. The Morgan fingerprint density at radius 2 is 2.12 bits per heavy atom. The van der Waals surface area contributed by atoms with Gasteiger partial charge in [-0.1, -0.05) is 6.92 Å². The molecule has 2 N–H and O–H groups in total. The second-order valence-corrected chi connectivity index (χ2v) is 4.80. The molecule has 0 fully saturated rings. The third-order valence-electron chi connectivity index (χ3n) is 3.14. The maximum atomic E-state index is 11.0. The van der Waals surface area contributed by atoms with Gasteiger partial charge in [0, 0.05) is 29.3 Å². The van der Waals surface area contributed by atoms with Crippen molar-refractivity contribution in [1.82, 2.24) is 4.98 Å². The Morgan fingerprint density at radius 3 is 2.59 bits per heavy atom.